The highest BCUT2D eigenvalue weighted by Crippen LogP contribution is 2.45. The van der Waals surface area contributed by atoms with Crippen LogP contribution in [0.15, 0.2) is 36.4 Å². The average molecular weight is 418 g/mol. The molecule has 2 aromatic rings. The number of ether oxygens (including phenoxy) is 2. The normalized spacial score (nSPS) is 22.0. The van der Waals surface area contributed by atoms with E-state index >= 15 is 0 Å². The Balaban J connectivity index is 1.39. The van der Waals surface area contributed by atoms with Crippen LogP contribution >= 0.6 is 11.6 Å². The number of piperidine rings is 1. The first-order valence-corrected chi connectivity index (χ1v) is 10.5. The van der Waals surface area contributed by atoms with E-state index in [1.807, 2.05) is 43.3 Å². The molecule has 0 aromatic heterocycles. The molecule has 2 atom stereocenters. The van der Waals surface area contributed by atoms with Crippen molar-refractivity contribution in [2.24, 2.45) is 0 Å². The number of hydrogen-bond acceptors (Lipinski definition) is 5. The predicted octanol–water partition coefficient (Wildman–Crippen LogP) is 4.04. The quantitative estimate of drug-likeness (QED) is 0.786. The van der Waals surface area contributed by atoms with Gasteiger partial charge in [-0.25, -0.2) is 0 Å². The topological polar surface area (TPSA) is 62.2 Å². The van der Waals surface area contributed by atoms with E-state index in [1.165, 1.54) is 0 Å². The Hall–Kier alpha value is -1.79. The van der Waals surface area contributed by atoms with Gasteiger partial charge in [0.05, 0.1) is 19.3 Å². The van der Waals surface area contributed by atoms with Crippen LogP contribution in [0, 0.1) is 6.92 Å². The Morgan fingerprint density at radius 1 is 1.24 bits per heavy atom. The summed E-state index contributed by atoms with van der Waals surface area (Å²) in [6.07, 6.45) is 1.11. The lowest BCUT2D eigenvalue weighted by Gasteiger charge is -2.46. The van der Waals surface area contributed by atoms with Gasteiger partial charge in [-0.15, -0.1) is 0 Å². The monoisotopic (exact) mass is 417 g/mol. The van der Waals surface area contributed by atoms with Gasteiger partial charge < -0.3 is 24.6 Å². The predicted molar refractivity (Wildman–Crippen MR) is 113 cm³/mol. The number of methoxy groups -OCH3 is 1. The van der Waals surface area contributed by atoms with E-state index in [4.69, 9.17) is 21.1 Å². The number of halogens is 1. The van der Waals surface area contributed by atoms with E-state index in [1.54, 1.807) is 7.11 Å². The summed E-state index contributed by atoms with van der Waals surface area (Å²) in [5.41, 5.74) is 2.27. The molecule has 0 amide bonds. The highest BCUT2D eigenvalue weighted by molar-refractivity contribution is 6.31. The molecule has 1 spiro atoms. The van der Waals surface area contributed by atoms with E-state index in [0.717, 1.165) is 54.1 Å². The van der Waals surface area contributed by atoms with Gasteiger partial charge in [-0.1, -0.05) is 23.7 Å². The maximum atomic E-state index is 10.7. The molecule has 2 heterocycles. The van der Waals surface area contributed by atoms with Crippen LogP contribution in [0.1, 0.15) is 48.2 Å². The first kappa shape index (κ1) is 20.5. The number of nitrogens with zero attached hydrogens (tertiary/aromatic N) is 1. The molecule has 0 radical (unpaired) electrons. The number of rotatable bonds is 4. The van der Waals surface area contributed by atoms with Crippen LogP contribution in [0.4, 0.5) is 0 Å². The van der Waals surface area contributed by atoms with Crippen molar-refractivity contribution in [3.05, 3.63) is 58.1 Å². The van der Waals surface area contributed by atoms with E-state index in [0.29, 0.717) is 18.0 Å². The van der Waals surface area contributed by atoms with Gasteiger partial charge in [-0.2, -0.15) is 0 Å². The summed E-state index contributed by atoms with van der Waals surface area (Å²) in [6, 6.07) is 11.3. The Morgan fingerprint density at radius 2 is 1.93 bits per heavy atom. The van der Waals surface area contributed by atoms with E-state index < -0.39 is 12.2 Å². The molecule has 4 rings (SSSR count). The summed E-state index contributed by atoms with van der Waals surface area (Å²) in [4.78, 5) is 2.26. The molecule has 2 aliphatic heterocycles. The summed E-state index contributed by atoms with van der Waals surface area (Å²) < 4.78 is 11.6. The standard InChI is InChI=1S/C23H28ClNO4/c1-15-11-22-18(12-19(15)24)20(26)13-23(29-22)7-9-25(10-8-23)14-21(27)16-3-5-17(28-2)6-4-16/h3-6,11-12,20-21,26-27H,7-10,13-14H2,1-2H3/t20-,21+/m1/s1. The molecule has 1 fully saturated rings. The smallest absolute Gasteiger partial charge is 0.126 e. The van der Waals surface area contributed by atoms with Crippen LogP contribution < -0.4 is 9.47 Å². The zero-order valence-electron chi connectivity index (χ0n) is 16.9. The molecule has 1 saturated heterocycles. The molecule has 5 nitrogen and oxygen atoms in total. The van der Waals surface area contributed by atoms with Crippen LogP contribution in [-0.2, 0) is 0 Å². The maximum absolute atomic E-state index is 10.7. The Labute approximate surface area is 176 Å². The second-order valence-corrected chi connectivity index (χ2v) is 8.64. The molecule has 156 valence electrons. The number of fused-ring (bicyclic) bond motifs is 1. The van der Waals surface area contributed by atoms with Crippen molar-refractivity contribution >= 4 is 11.6 Å². The number of aliphatic hydroxyl groups excluding tert-OH is 2. The van der Waals surface area contributed by atoms with Gasteiger partial charge in [0.25, 0.3) is 0 Å². The summed E-state index contributed by atoms with van der Waals surface area (Å²) in [7, 11) is 1.63. The van der Waals surface area contributed by atoms with Crippen LogP contribution in [0.2, 0.25) is 5.02 Å². The van der Waals surface area contributed by atoms with Gasteiger partial charge >= 0.3 is 0 Å². The van der Waals surface area contributed by atoms with Crippen molar-refractivity contribution in [1.82, 2.24) is 4.90 Å². The fourth-order valence-corrected chi connectivity index (χ4v) is 4.55. The van der Waals surface area contributed by atoms with E-state index in [-0.39, 0.29) is 5.60 Å². The van der Waals surface area contributed by atoms with Crippen LogP contribution in [0.25, 0.3) is 0 Å². The molecule has 2 aliphatic rings. The van der Waals surface area contributed by atoms with Crippen molar-refractivity contribution in [2.75, 3.05) is 26.7 Å². The minimum absolute atomic E-state index is 0.353. The Morgan fingerprint density at radius 3 is 2.59 bits per heavy atom. The number of likely N-dealkylation sites (tertiary alicyclic amines) is 1. The first-order chi connectivity index (χ1) is 13.9. The first-order valence-electron chi connectivity index (χ1n) is 10.1. The summed E-state index contributed by atoms with van der Waals surface area (Å²) in [5, 5.41) is 22.0. The highest BCUT2D eigenvalue weighted by Gasteiger charge is 2.43. The number of aryl methyl sites for hydroxylation is 1. The molecule has 0 bridgehead atoms. The maximum Gasteiger partial charge on any atom is 0.126 e. The average Bonchev–Trinajstić information content (AvgIpc) is 2.71. The fraction of sp³-hybridized carbons (Fsp3) is 0.478. The van der Waals surface area contributed by atoms with Crippen LogP contribution in [-0.4, -0.2) is 47.5 Å². The molecule has 29 heavy (non-hydrogen) atoms. The molecule has 2 aromatic carbocycles. The minimum atomic E-state index is -0.562. The van der Waals surface area contributed by atoms with Crippen LogP contribution in [0.5, 0.6) is 11.5 Å². The van der Waals surface area contributed by atoms with E-state index in [9.17, 15) is 10.2 Å². The third-order valence-corrected chi connectivity index (χ3v) is 6.65. The van der Waals surface area contributed by atoms with Crippen molar-refractivity contribution < 1.29 is 19.7 Å². The molecule has 0 aliphatic carbocycles. The van der Waals surface area contributed by atoms with Gasteiger partial charge in [0.15, 0.2) is 0 Å². The molecule has 0 saturated carbocycles. The second-order valence-electron chi connectivity index (χ2n) is 8.23. The molecule has 6 heteroatoms. The minimum Gasteiger partial charge on any atom is -0.497 e. The number of β-amino-alcohol motifs (C(OH)–C–C–N with tert-alkyl or cyclic N) is 1. The zero-order chi connectivity index (χ0) is 20.6. The summed E-state index contributed by atoms with van der Waals surface area (Å²) >= 11 is 6.22. The lowest BCUT2D eigenvalue weighted by Crippen LogP contribution is -2.51. The SMILES string of the molecule is COc1ccc([C@@H](O)CN2CCC3(CC2)C[C@@H](O)c2cc(Cl)c(C)cc2O3)cc1. The van der Waals surface area contributed by atoms with Gasteiger partial charge in [-0.05, 0) is 55.2 Å². The molecule has 2 N–H and O–H groups in total. The van der Waals surface area contributed by atoms with Crippen molar-refractivity contribution in [2.45, 2.75) is 44.0 Å². The Kier molecular flexibility index (Phi) is 5.76. The lowest BCUT2D eigenvalue weighted by atomic mass is 9.81. The largest absolute Gasteiger partial charge is 0.497 e. The fourth-order valence-electron chi connectivity index (χ4n) is 4.38. The number of benzene rings is 2. The molecular formula is C23H28ClNO4. The Bertz CT molecular complexity index is 862. The number of aliphatic hydroxyl groups is 2. The second kappa shape index (κ2) is 8.15. The van der Waals surface area contributed by atoms with Gasteiger partial charge in [-0.3, -0.25) is 0 Å². The highest BCUT2D eigenvalue weighted by atomic mass is 35.5. The zero-order valence-corrected chi connectivity index (χ0v) is 17.7. The van der Waals surface area contributed by atoms with Crippen LogP contribution in [0.3, 0.4) is 0 Å². The molecule has 0 unspecified atom stereocenters. The van der Waals surface area contributed by atoms with E-state index in [2.05, 4.69) is 4.90 Å². The molecular weight excluding hydrogens is 390 g/mol. The summed E-state index contributed by atoms with van der Waals surface area (Å²) in [5.74, 6) is 1.53. The lowest BCUT2D eigenvalue weighted by molar-refractivity contribution is -0.0588. The third-order valence-electron chi connectivity index (χ3n) is 6.24. The van der Waals surface area contributed by atoms with Crippen molar-refractivity contribution in [3.63, 3.8) is 0 Å². The van der Waals surface area contributed by atoms with Gasteiger partial charge in [0.1, 0.15) is 17.1 Å². The number of hydrogen-bond donors (Lipinski definition) is 2. The third kappa shape index (κ3) is 4.24. The van der Waals surface area contributed by atoms with Crippen molar-refractivity contribution in [3.8, 4) is 11.5 Å². The van der Waals surface area contributed by atoms with Gasteiger partial charge in [0, 0.05) is 36.6 Å². The summed E-state index contributed by atoms with van der Waals surface area (Å²) in [6.45, 7) is 4.17. The van der Waals surface area contributed by atoms with Crippen molar-refractivity contribution in [1.29, 1.82) is 0 Å². The van der Waals surface area contributed by atoms with Gasteiger partial charge in [0.2, 0.25) is 0 Å².